The van der Waals surface area contributed by atoms with Gasteiger partial charge in [0.25, 0.3) is 0 Å². The third-order valence-electron chi connectivity index (χ3n) is 5.25. The van der Waals surface area contributed by atoms with E-state index in [-0.39, 0.29) is 24.1 Å². The number of hydrogen-bond donors (Lipinski definition) is 1. The highest BCUT2D eigenvalue weighted by atomic mass is 32.2. The summed E-state index contributed by atoms with van der Waals surface area (Å²) in [7, 11) is -3.39. The van der Waals surface area contributed by atoms with Gasteiger partial charge in [0.2, 0.25) is 10.0 Å². The third-order valence-corrected chi connectivity index (χ3v) is 6.63. The number of hydrogen-bond acceptors (Lipinski definition) is 6. The highest BCUT2D eigenvalue weighted by Gasteiger charge is 2.31. The van der Waals surface area contributed by atoms with E-state index in [0.717, 1.165) is 51.4 Å². The molecule has 7 nitrogen and oxygen atoms in total. The van der Waals surface area contributed by atoms with E-state index in [2.05, 4.69) is 16.6 Å². The summed E-state index contributed by atoms with van der Waals surface area (Å²) in [5.41, 5.74) is -0.771. The van der Waals surface area contributed by atoms with Gasteiger partial charge in [-0.3, -0.25) is 9.59 Å². The topological polar surface area (TPSA) is 98.8 Å². The fourth-order valence-electron chi connectivity index (χ4n) is 3.69. The molecule has 0 heterocycles. The van der Waals surface area contributed by atoms with E-state index in [1.807, 2.05) is 0 Å². The maximum Gasteiger partial charge on any atom is 0.305 e. The predicted molar refractivity (Wildman–Crippen MR) is 121 cm³/mol. The zero-order valence-electron chi connectivity index (χ0n) is 19.2. The van der Waals surface area contributed by atoms with Gasteiger partial charge in [-0.15, -0.1) is 0 Å². The maximum atomic E-state index is 12.2. The fraction of sp³-hybridized carbons (Fsp3) is 0.826. The molecule has 0 atom stereocenters. The van der Waals surface area contributed by atoms with Crippen molar-refractivity contribution < 1.29 is 27.5 Å². The van der Waals surface area contributed by atoms with Crippen LogP contribution < -0.4 is 4.72 Å². The van der Waals surface area contributed by atoms with Gasteiger partial charge in [-0.25, -0.2) is 13.1 Å². The van der Waals surface area contributed by atoms with Gasteiger partial charge >= 0.3 is 11.9 Å². The Morgan fingerprint density at radius 1 is 1.00 bits per heavy atom. The van der Waals surface area contributed by atoms with Gasteiger partial charge in [-0.1, -0.05) is 43.9 Å². The van der Waals surface area contributed by atoms with Crippen molar-refractivity contribution in [2.45, 2.75) is 103 Å². The first kappa shape index (κ1) is 27.4. The zero-order valence-corrected chi connectivity index (χ0v) is 20.0. The molecule has 1 fully saturated rings. The summed E-state index contributed by atoms with van der Waals surface area (Å²) >= 11 is 0. The van der Waals surface area contributed by atoms with Gasteiger partial charge in [0, 0.05) is 26.3 Å². The molecule has 0 bridgehead atoms. The summed E-state index contributed by atoms with van der Waals surface area (Å²) in [6.07, 6.45) is 10.6. The minimum atomic E-state index is -3.39. The van der Waals surface area contributed by atoms with Gasteiger partial charge in [0.1, 0.15) is 0 Å². The minimum absolute atomic E-state index is 0.0704. The number of unbranched alkanes of at least 4 members (excludes halogenated alkanes) is 3. The van der Waals surface area contributed by atoms with E-state index in [9.17, 15) is 18.0 Å². The maximum absolute atomic E-state index is 12.2. The Bertz CT molecular complexity index is 699. The number of rotatable bonds is 12. The molecule has 0 aromatic heterocycles. The van der Waals surface area contributed by atoms with E-state index < -0.39 is 15.6 Å². The summed E-state index contributed by atoms with van der Waals surface area (Å²) in [4.78, 5) is 22.8. The highest BCUT2D eigenvalue weighted by Crippen LogP contribution is 2.29. The Kier molecular flexibility index (Phi) is 13.5. The first-order chi connectivity index (χ1) is 14.8. The minimum Gasteiger partial charge on any atom is -0.466 e. The average molecular weight is 458 g/mol. The molecule has 8 heteroatoms. The molecule has 0 aliphatic heterocycles. The summed E-state index contributed by atoms with van der Waals surface area (Å²) < 4.78 is 37.4. The molecular weight excluding hydrogens is 418 g/mol. The van der Waals surface area contributed by atoms with Crippen LogP contribution in [-0.2, 0) is 29.1 Å². The Balaban J connectivity index is 2.34. The van der Waals surface area contributed by atoms with Crippen molar-refractivity contribution in [2.75, 3.05) is 18.9 Å². The van der Waals surface area contributed by atoms with Crippen molar-refractivity contribution >= 4 is 22.0 Å². The molecular formula is C23H39NO6S. The first-order valence-corrected chi connectivity index (χ1v) is 13.3. The Morgan fingerprint density at radius 2 is 1.65 bits per heavy atom. The van der Waals surface area contributed by atoms with Gasteiger partial charge < -0.3 is 9.47 Å². The lowest BCUT2D eigenvalue weighted by atomic mass is 9.87. The molecule has 1 N–H and O–H groups in total. The molecule has 0 unspecified atom stereocenters. The van der Waals surface area contributed by atoms with Gasteiger partial charge in [0.05, 0.1) is 12.4 Å². The molecule has 0 saturated heterocycles. The number of ether oxygens (including phenoxy) is 2. The van der Waals surface area contributed by atoms with E-state index in [1.54, 1.807) is 6.92 Å². The molecule has 0 aromatic carbocycles. The average Bonchev–Trinajstić information content (AvgIpc) is 2.67. The number of carbonyl (C=O) groups excluding carboxylic acids is 2. The number of esters is 2. The van der Waals surface area contributed by atoms with Crippen molar-refractivity contribution in [1.29, 1.82) is 0 Å². The molecule has 1 aliphatic carbocycles. The van der Waals surface area contributed by atoms with Crippen molar-refractivity contribution in [2.24, 2.45) is 0 Å². The van der Waals surface area contributed by atoms with Crippen LogP contribution in [0.4, 0.5) is 0 Å². The van der Waals surface area contributed by atoms with Crippen molar-refractivity contribution in [3.63, 3.8) is 0 Å². The Labute approximate surface area is 188 Å². The second kappa shape index (κ2) is 15.3. The molecule has 1 rings (SSSR count). The van der Waals surface area contributed by atoms with Crippen LogP contribution in [0.2, 0.25) is 0 Å². The van der Waals surface area contributed by atoms with Crippen LogP contribution >= 0.6 is 0 Å². The van der Waals surface area contributed by atoms with Crippen molar-refractivity contribution in [3.8, 4) is 11.8 Å². The zero-order chi connectivity index (χ0) is 23.0. The number of carbonyl (C=O) groups is 2. The normalized spacial score (nSPS) is 16.3. The standard InChI is InChI=1S/C23H39NO6S/c1-3-29-22(26)15-9-5-8-13-19-24-31(27,28)20-14-12-18-23(30-21(2)25)16-10-6-4-7-11-17-23/h24H,3-11,13-17,19-20H2,1-2H3. The predicted octanol–water partition coefficient (Wildman–Crippen LogP) is 3.86. The lowest BCUT2D eigenvalue weighted by molar-refractivity contribution is -0.153. The largest absolute Gasteiger partial charge is 0.466 e. The van der Waals surface area contributed by atoms with E-state index >= 15 is 0 Å². The number of nitrogens with one attached hydrogen (secondary N) is 1. The van der Waals surface area contributed by atoms with Crippen LogP contribution in [0.15, 0.2) is 0 Å². The smallest absolute Gasteiger partial charge is 0.305 e. The molecule has 178 valence electrons. The second-order valence-electron chi connectivity index (χ2n) is 8.09. The highest BCUT2D eigenvalue weighted by molar-refractivity contribution is 7.89. The van der Waals surface area contributed by atoms with Crippen LogP contribution in [-0.4, -0.2) is 44.9 Å². The van der Waals surface area contributed by atoms with Gasteiger partial charge in [-0.2, -0.15) is 0 Å². The SMILES string of the molecule is CCOC(=O)CCCCCCNS(=O)(=O)CCC#CC1(OC(C)=O)CCCCCCC1. The van der Waals surface area contributed by atoms with E-state index in [0.29, 0.717) is 32.4 Å². The summed E-state index contributed by atoms with van der Waals surface area (Å²) in [6.45, 7) is 3.96. The fourth-order valence-corrected chi connectivity index (χ4v) is 4.66. The first-order valence-electron chi connectivity index (χ1n) is 11.6. The van der Waals surface area contributed by atoms with Crippen LogP contribution in [0.1, 0.15) is 97.3 Å². The van der Waals surface area contributed by atoms with Gasteiger partial charge in [-0.05, 0) is 45.4 Å². The van der Waals surface area contributed by atoms with Gasteiger partial charge in [0.15, 0.2) is 5.60 Å². The second-order valence-corrected chi connectivity index (χ2v) is 10.0. The molecule has 0 spiro atoms. The van der Waals surface area contributed by atoms with E-state index in [1.165, 1.54) is 13.3 Å². The molecule has 1 saturated carbocycles. The molecule has 31 heavy (non-hydrogen) atoms. The molecule has 0 radical (unpaired) electrons. The lowest BCUT2D eigenvalue weighted by Crippen LogP contribution is -2.34. The molecule has 0 amide bonds. The van der Waals surface area contributed by atoms with Crippen LogP contribution in [0.5, 0.6) is 0 Å². The Morgan fingerprint density at radius 3 is 2.29 bits per heavy atom. The summed E-state index contributed by atoms with van der Waals surface area (Å²) in [5.74, 6) is 5.45. The monoisotopic (exact) mass is 457 g/mol. The summed E-state index contributed by atoms with van der Waals surface area (Å²) in [5, 5.41) is 0. The molecule has 0 aromatic rings. The quantitative estimate of drug-likeness (QED) is 0.271. The number of sulfonamides is 1. The van der Waals surface area contributed by atoms with Crippen molar-refractivity contribution in [3.05, 3.63) is 0 Å². The van der Waals surface area contributed by atoms with Crippen LogP contribution in [0.25, 0.3) is 0 Å². The van der Waals surface area contributed by atoms with E-state index in [4.69, 9.17) is 9.47 Å². The Hall–Kier alpha value is -1.59. The third kappa shape index (κ3) is 13.4. The lowest BCUT2D eigenvalue weighted by Gasteiger charge is -2.29. The summed E-state index contributed by atoms with van der Waals surface area (Å²) in [6, 6.07) is 0. The molecule has 1 aliphatic rings. The van der Waals surface area contributed by atoms with Crippen LogP contribution in [0, 0.1) is 11.8 Å². The van der Waals surface area contributed by atoms with Crippen LogP contribution in [0.3, 0.4) is 0 Å². The van der Waals surface area contributed by atoms with Crippen molar-refractivity contribution in [1.82, 2.24) is 4.72 Å².